The van der Waals surface area contributed by atoms with Crippen LogP contribution in [0.3, 0.4) is 0 Å². The maximum Gasteiger partial charge on any atom is 0.573 e. The van der Waals surface area contributed by atoms with Crippen molar-refractivity contribution < 1.29 is 36.2 Å². The third-order valence-electron chi connectivity index (χ3n) is 5.62. The third kappa shape index (κ3) is 5.70. The minimum atomic E-state index is -4.87. The highest BCUT2D eigenvalue weighted by Crippen LogP contribution is 2.36. The molecule has 0 unspecified atom stereocenters. The van der Waals surface area contributed by atoms with E-state index in [2.05, 4.69) is 11.7 Å². The first kappa shape index (κ1) is 24.4. The van der Waals surface area contributed by atoms with Crippen molar-refractivity contribution in [1.29, 1.82) is 0 Å². The topological polar surface area (TPSA) is 35.5 Å². The predicted octanol–water partition coefficient (Wildman–Crippen LogP) is 7.63. The number of halogens is 5. The van der Waals surface area contributed by atoms with E-state index in [0.29, 0.717) is 11.3 Å². The molecule has 35 heavy (non-hydrogen) atoms. The fraction of sp³-hybridized carbons (Fsp3) is 0.222. The lowest BCUT2D eigenvalue weighted by atomic mass is 9.91. The van der Waals surface area contributed by atoms with Crippen molar-refractivity contribution in [3.63, 3.8) is 0 Å². The molecule has 0 bridgehead atoms. The van der Waals surface area contributed by atoms with E-state index >= 15 is 4.39 Å². The Hall–Kier alpha value is -3.68. The molecule has 0 saturated carbocycles. The first-order valence-electron chi connectivity index (χ1n) is 11.0. The fourth-order valence-electron chi connectivity index (χ4n) is 4.00. The molecule has 0 N–H and O–H groups in total. The maximum atomic E-state index is 15.2. The Kier molecular flexibility index (Phi) is 6.91. The van der Waals surface area contributed by atoms with Crippen molar-refractivity contribution in [2.45, 2.75) is 39.0 Å². The van der Waals surface area contributed by atoms with Crippen molar-refractivity contribution in [2.24, 2.45) is 0 Å². The van der Waals surface area contributed by atoms with Gasteiger partial charge in [-0.2, -0.15) is 0 Å². The second-order valence-corrected chi connectivity index (χ2v) is 8.13. The number of allylic oxidation sites excluding steroid dienone is 1. The first-order valence-corrected chi connectivity index (χ1v) is 11.0. The molecule has 0 amide bonds. The van der Waals surface area contributed by atoms with Gasteiger partial charge in [-0.15, -0.1) is 13.2 Å². The molecule has 1 aliphatic rings. The van der Waals surface area contributed by atoms with Crippen LogP contribution >= 0.6 is 0 Å². The lowest BCUT2D eigenvalue weighted by Gasteiger charge is -2.19. The molecule has 0 aliphatic heterocycles. The second kappa shape index (κ2) is 9.90. The standard InChI is InChI=1S/C27H21F5O3/c1-2-3-16-4-6-18(7-5-16)26(33)34-21-12-13-22-19(14-21)15-23(28)24(25(22)29)17-8-10-20(11-9-17)35-27(30,31)32/h4-11,14-15H,2-3,12-13H2,1H3. The summed E-state index contributed by atoms with van der Waals surface area (Å²) < 4.78 is 76.4. The van der Waals surface area contributed by atoms with Crippen LogP contribution < -0.4 is 4.74 Å². The zero-order valence-electron chi connectivity index (χ0n) is 18.7. The normalized spacial score (nSPS) is 13.1. The summed E-state index contributed by atoms with van der Waals surface area (Å²) in [7, 11) is 0. The Labute approximate surface area is 198 Å². The van der Waals surface area contributed by atoms with Gasteiger partial charge in [-0.3, -0.25) is 0 Å². The lowest BCUT2D eigenvalue weighted by Crippen LogP contribution is -2.17. The monoisotopic (exact) mass is 488 g/mol. The number of rotatable bonds is 6. The zero-order valence-corrected chi connectivity index (χ0v) is 18.7. The van der Waals surface area contributed by atoms with E-state index < -0.39 is 29.7 Å². The van der Waals surface area contributed by atoms with Crippen molar-refractivity contribution >= 4 is 12.0 Å². The number of hydrogen-bond donors (Lipinski definition) is 0. The zero-order chi connectivity index (χ0) is 25.2. The van der Waals surface area contributed by atoms with Gasteiger partial charge in [0.2, 0.25) is 0 Å². The van der Waals surface area contributed by atoms with E-state index in [1.54, 1.807) is 12.1 Å². The second-order valence-electron chi connectivity index (χ2n) is 8.13. The molecule has 3 aromatic carbocycles. The van der Waals surface area contributed by atoms with Crippen LogP contribution in [0.25, 0.3) is 17.2 Å². The number of benzene rings is 3. The van der Waals surface area contributed by atoms with Crippen molar-refractivity contribution in [3.8, 4) is 16.9 Å². The van der Waals surface area contributed by atoms with E-state index in [9.17, 15) is 22.4 Å². The smallest absolute Gasteiger partial charge is 0.427 e. The largest absolute Gasteiger partial charge is 0.573 e. The predicted molar refractivity (Wildman–Crippen MR) is 121 cm³/mol. The van der Waals surface area contributed by atoms with Gasteiger partial charge in [0, 0.05) is 6.42 Å². The van der Waals surface area contributed by atoms with E-state index in [1.165, 1.54) is 6.08 Å². The van der Waals surface area contributed by atoms with Gasteiger partial charge in [0.05, 0.1) is 11.1 Å². The number of carbonyl (C=O) groups excluding carboxylic acids is 1. The molecule has 0 radical (unpaired) electrons. The summed E-state index contributed by atoms with van der Waals surface area (Å²) in [6.45, 7) is 2.06. The summed E-state index contributed by atoms with van der Waals surface area (Å²) in [5, 5.41) is 0. The summed E-state index contributed by atoms with van der Waals surface area (Å²) in [4.78, 5) is 12.5. The van der Waals surface area contributed by atoms with Crippen molar-refractivity contribution in [3.05, 3.63) is 94.2 Å². The first-order chi connectivity index (χ1) is 16.6. The van der Waals surface area contributed by atoms with Crippen LogP contribution in [0.4, 0.5) is 22.0 Å². The molecule has 0 aromatic heterocycles. The molecule has 0 heterocycles. The summed E-state index contributed by atoms with van der Waals surface area (Å²) in [5.74, 6) is -2.45. The average molecular weight is 488 g/mol. The van der Waals surface area contributed by atoms with E-state index in [0.717, 1.165) is 48.7 Å². The summed E-state index contributed by atoms with van der Waals surface area (Å²) in [6.07, 6.45) is -1.15. The highest BCUT2D eigenvalue weighted by Gasteiger charge is 2.31. The summed E-state index contributed by atoms with van der Waals surface area (Å²) in [5.41, 5.74) is 1.70. The Balaban J connectivity index is 1.55. The van der Waals surface area contributed by atoms with Gasteiger partial charge in [-0.25, -0.2) is 13.6 Å². The van der Waals surface area contributed by atoms with Gasteiger partial charge in [-0.05, 0) is 71.5 Å². The molecule has 4 rings (SSSR count). The summed E-state index contributed by atoms with van der Waals surface area (Å²) in [6, 6.07) is 12.5. The SMILES string of the molecule is CCCc1ccc(C(=O)OC2=Cc3cc(F)c(-c4ccc(OC(F)(F)F)cc4)c(F)c3CC2)cc1. The van der Waals surface area contributed by atoms with Crippen LogP contribution in [0.15, 0.2) is 60.4 Å². The lowest BCUT2D eigenvalue weighted by molar-refractivity contribution is -0.274. The van der Waals surface area contributed by atoms with E-state index in [4.69, 9.17) is 4.74 Å². The Morgan fingerprint density at radius 1 is 0.971 bits per heavy atom. The van der Waals surface area contributed by atoms with Crippen LogP contribution in [0.1, 0.15) is 46.8 Å². The Bertz CT molecular complexity index is 1260. The molecule has 0 spiro atoms. The minimum absolute atomic E-state index is 0.0741. The Morgan fingerprint density at radius 3 is 2.29 bits per heavy atom. The van der Waals surface area contributed by atoms with Crippen LogP contribution in [-0.2, 0) is 17.6 Å². The molecular formula is C27H21F5O3. The third-order valence-corrected chi connectivity index (χ3v) is 5.62. The van der Waals surface area contributed by atoms with Gasteiger partial charge in [-0.1, -0.05) is 37.6 Å². The Morgan fingerprint density at radius 2 is 1.66 bits per heavy atom. The highest BCUT2D eigenvalue weighted by molar-refractivity contribution is 5.90. The number of alkyl halides is 3. The molecule has 0 atom stereocenters. The minimum Gasteiger partial charge on any atom is -0.427 e. The molecule has 3 nitrogen and oxygen atoms in total. The van der Waals surface area contributed by atoms with E-state index in [1.807, 2.05) is 12.1 Å². The highest BCUT2D eigenvalue weighted by atomic mass is 19.4. The number of aryl methyl sites for hydroxylation is 1. The maximum absolute atomic E-state index is 15.2. The van der Waals surface area contributed by atoms with Gasteiger partial charge < -0.3 is 9.47 Å². The summed E-state index contributed by atoms with van der Waals surface area (Å²) >= 11 is 0. The van der Waals surface area contributed by atoms with Crippen LogP contribution in [0, 0.1) is 11.6 Å². The fourth-order valence-corrected chi connectivity index (χ4v) is 4.00. The van der Waals surface area contributed by atoms with Crippen LogP contribution in [0.5, 0.6) is 5.75 Å². The van der Waals surface area contributed by atoms with Crippen LogP contribution in [0.2, 0.25) is 0 Å². The van der Waals surface area contributed by atoms with Gasteiger partial charge in [0.15, 0.2) is 0 Å². The van der Waals surface area contributed by atoms with Crippen molar-refractivity contribution in [2.75, 3.05) is 0 Å². The van der Waals surface area contributed by atoms with Gasteiger partial charge in [0.1, 0.15) is 23.1 Å². The number of fused-ring (bicyclic) bond motifs is 1. The molecule has 0 saturated heterocycles. The number of esters is 1. The van der Waals surface area contributed by atoms with Gasteiger partial charge >= 0.3 is 12.3 Å². The van der Waals surface area contributed by atoms with Gasteiger partial charge in [0.25, 0.3) is 0 Å². The molecule has 182 valence electrons. The number of ether oxygens (including phenoxy) is 2. The molecule has 8 heteroatoms. The van der Waals surface area contributed by atoms with E-state index in [-0.39, 0.29) is 35.1 Å². The average Bonchev–Trinajstić information content (AvgIpc) is 2.79. The quantitative estimate of drug-likeness (QED) is 0.264. The van der Waals surface area contributed by atoms with Crippen molar-refractivity contribution in [1.82, 2.24) is 0 Å². The molecule has 0 fully saturated rings. The van der Waals surface area contributed by atoms with Crippen LogP contribution in [-0.4, -0.2) is 12.3 Å². The molecule has 1 aliphatic carbocycles. The number of carbonyl (C=O) groups is 1. The molecule has 3 aromatic rings. The molecular weight excluding hydrogens is 467 g/mol. The number of hydrogen-bond acceptors (Lipinski definition) is 3.